The van der Waals surface area contributed by atoms with Crippen molar-refractivity contribution in [3.05, 3.63) is 160 Å². The molecule has 0 saturated heterocycles. The number of anilines is 5. The van der Waals surface area contributed by atoms with E-state index in [0.717, 1.165) is 0 Å². The molecule has 12 rings (SSSR count). The van der Waals surface area contributed by atoms with Gasteiger partial charge in [0, 0.05) is 33.7 Å². The Kier molecular flexibility index (Phi) is 9.18. The Morgan fingerprint density at radius 3 is 1.44 bits per heavy atom. The van der Waals surface area contributed by atoms with E-state index in [0.29, 0.717) is 0 Å². The van der Waals surface area contributed by atoms with Crippen LogP contribution in [0.4, 0.5) is 28.4 Å². The number of nitrogens with zero attached hydrogens (tertiary/aromatic N) is 2. The fourth-order valence-electron chi connectivity index (χ4n) is 13.8. The summed E-state index contributed by atoms with van der Waals surface area (Å²) in [5, 5.41) is 2.62. The smallest absolute Gasteiger partial charge is 0.333 e. The van der Waals surface area contributed by atoms with Crippen molar-refractivity contribution >= 4 is 57.0 Å². The number of aryl methyl sites for hydroxylation is 1. The van der Waals surface area contributed by atoms with Gasteiger partial charge in [0.05, 0.1) is 5.69 Å². The van der Waals surface area contributed by atoms with E-state index in [9.17, 15) is 0 Å². The predicted molar refractivity (Wildman–Crippen MR) is 294 cm³/mol. The predicted octanol–water partition coefficient (Wildman–Crippen LogP) is 16.6. The SMILES string of the molecule is Cc1cc2c(cc1N1c3cc4c(cc3B3c5c(cc6ccccc6c51)-c1cc5c(cc1N3c1ccc(-c3ccccc3)cc1)C(C)(C)CCC5(C)C)C(C)(C)CCC4(C)C)C(C)(C)CCC2(C)C. The molecule has 3 heteroatoms. The third-order valence-corrected chi connectivity index (χ3v) is 18.5. The Morgan fingerprint density at radius 2 is 0.868 bits per heavy atom. The van der Waals surface area contributed by atoms with Gasteiger partial charge in [-0.25, -0.2) is 0 Å². The second kappa shape index (κ2) is 14.3. The summed E-state index contributed by atoms with van der Waals surface area (Å²) in [5.74, 6) is 0. The van der Waals surface area contributed by atoms with E-state index in [1.807, 2.05) is 0 Å². The Morgan fingerprint density at radius 1 is 0.412 bits per heavy atom. The van der Waals surface area contributed by atoms with Crippen LogP contribution in [0.25, 0.3) is 33.0 Å². The van der Waals surface area contributed by atoms with Gasteiger partial charge in [0.2, 0.25) is 0 Å². The molecule has 2 aliphatic heterocycles. The van der Waals surface area contributed by atoms with Gasteiger partial charge in [0.25, 0.3) is 0 Å². The lowest BCUT2D eigenvalue weighted by atomic mass is 9.42. The summed E-state index contributed by atoms with van der Waals surface area (Å²) in [6.45, 7) is 32.2. The van der Waals surface area contributed by atoms with E-state index in [1.54, 1.807) is 0 Å². The maximum atomic E-state index is 2.79. The lowest BCUT2D eigenvalue weighted by molar-refractivity contribution is 0.331. The second-order valence-electron chi connectivity index (χ2n) is 25.8. The summed E-state index contributed by atoms with van der Waals surface area (Å²) in [7, 11) is 0. The van der Waals surface area contributed by atoms with Gasteiger partial charge in [-0.2, -0.15) is 0 Å². The first kappa shape index (κ1) is 43.7. The van der Waals surface area contributed by atoms with E-state index in [4.69, 9.17) is 0 Å². The molecule has 0 atom stereocenters. The fourth-order valence-corrected chi connectivity index (χ4v) is 13.8. The van der Waals surface area contributed by atoms with Crippen molar-refractivity contribution < 1.29 is 0 Å². The van der Waals surface area contributed by atoms with Crippen LogP contribution in [0.15, 0.2) is 121 Å². The Labute approximate surface area is 408 Å². The third kappa shape index (κ3) is 6.28. The van der Waals surface area contributed by atoms with Crippen LogP contribution in [-0.4, -0.2) is 6.85 Å². The number of hydrogen-bond donors (Lipinski definition) is 0. The zero-order chi connectivity index (χ0) is 47.7. The van der Waals surface area contributed by atoms with E-state index in [1.165, 1.54) is 150 Å². The van der Waals surface area contributed by atoms with Crippen LogP contribution in [0, 0.1) is 6.92 Å². The highest BCUT2D eigenvalue weighted by molar-refractivity contribution is 6.94. The monoisotopic (exact) mass is 891 g/mol. The van der Waals surface area contributed by atoms with Crippen molar-refractivity contribution in [1.82, 2.24) is 0 Å². The van der Waals surface area contributed by atoms with Crippen LogP contribution < -0.4 is 20.6 Å². The van der Waals surface area contributed by atoms with Crippen molar-refractivity contribution in [3.63, 3.8) is 0 Å². The second-order valence-corrected chi connectivity index (χ2v) is 25.8. The Hall–Kier alpha value is -5.54. The molecule has 344 valence electrons. The first-order valence-electron chi connectivity index (χ1n) is 25.9. The average Bonchev–Trinajstić information content (AvgIpc) is 3.31. The molecule has 0 bridgehead atoms. The van der Waals surface area contributed by atoms with Crippen molar-refractivity contribution in [3.8, 4) is 22.3 Å². The molecule has 0 unspecified atom stereocenters. The minimum atomic E-state index is -0.0665. The summed E-state index contributed by atoms with van der Waals surface area (Å²) in [6.07, 6.45) is 7.08. The quantitative estimate of drug-likeness (QED) is 0.163. The first-order valence-corrected chi connectivity index (χ1v) is 25.9. The molecule has 3 aliphatic carbocycles. The Bertz CT molecular complexity index is 3250. The van der Waals surface area contributed by atoms with Gasteiger partial charge in [-0.3, -0.25) is 0 Å². The molecule has 2 nitrogen and oxygen atoms in total. The zero-order valence-electron chi connectivity index (χ0n) is 43.3. The van der Waals surface area contributed by atoms with Crippen LogP contribution in [0.3, 0.4) is 0 Å². The summed E-state index contributed by atoms with van der Waals surface area (Å²) in [4.78, 5) is 5.57. The summed E-state index contributed by atoms with van der Waals surface area (Å²) >= 11 is 0. The maximum Gasteiger partial charge on any atom is 0.333 e. The van der Waals surface area contributed by atoms with Crippen molar-refractivity contribution in [2.75, 3.05) is 9.71 Å². The van der Waals surface area contributed by atoms with Gasteiger partial charge < -0.3 is 9.71 Å². The normalized spacial score (nSPS) is 20.4. The maximum absolute atomic E-state index is 2.79. The number of hydrogen-bond acceptors (Lipinski definition) is 2. The highest BCUT2D eigenvalue weighted by Gasteiger charge is 2.50. The number of benzene rings is 7. The highest BCUT2D eigenvalue weighted by Crippen LogP contribution is 2.57. The summed E-state index contributed by atoms with van der Waals surface area (Å²) in [5.41, 5.74) is 25.4. The van der Waals surface area contributed by atoms with Gasteiger partial charge >= 0.3 is 6.85 Å². The van der Waals surface area contributed by atoms with Crippen molar-refractivity contribution in [1.29, 1.82) is 0 Å². The molecule has 0 spiro atoms. The molecule has 0 amide bonds. The minimum absolute atomic E-state index is 0.0379. The fraction of sp³-hybridized carbons (Fsp3) is 0.385. The molecule has 0 fully saturated rings. The van der Waals surface area contributed by atoms with Crippen molar-refractivity contribution in [2.24, 2.45) is 0 Å². The molecule has 7 aromatic rings. The van der Waals surface area contributed by atoms with Crippen LogP contribution in [0.5, 0.6) is 0 Å². The lowest BCUT2D eigenvalue weighted by Gasteiger charge is -2.50. The van der Waals surface area contributed by atoms with E-state index in [-0.39, 0.29) is 39.3 Å². The summed E-state index contributed by atoms with van der Waals surface area (Å²) in [6, 6.07) is 48.3. The van der Waals surface area contributed by atoms with E-state index < -0.39 is 0 Å². The molecule has 0 aromatic heterocycles. The molecular weight excluding hydrogens is 820 g/mol. The molecule has 2 heterocycles. The molecular formula is C65H71BN2. The van der Waals surface area contributed by atoms with Crippen LogP contribution in [0.1, 0.15) is 161 Å². The van der Waals surface area contributed by atoms with Gasteiger partial charge in [-0.15, -0.1) is 0 Å². The lowest BCUT2D eigenvalue weighted by Crippen LogP contribution is -2.62. The average molecular weight is 891 g/mol. The molecule has 0 N–H and O–H groups in total. The van der Waals surface area contributed by atoms with E-state index >= 15 is 0 Å². The largest absolute Gasteiger partial charge is 0.376 e. The number of fused-ring (bicyclic) bond motifs is 9. The van der Waals surface area contributed by atoms with Crippen LogP contribution >= 0.6 is 0 Å². The zero-order valence-corrected chi connectivity index (χ0v) is 43.3. The molecule has 5 aliphatic rings. The van der Waals surface area contributed by atoms with Gasteiger partial charge in [0.15, 0.2) is 0 Å². The van der Waals surface area contributed by atoms with Gasteiger partial charge in [-0.05, 0) is 192 Å². The Balaban J connectivity index is 1.25. The summed E-state index contributed by atoms with van der Waals surface area (Å²) < 4.78 is 0. The van der Waals surface area contributed by atoms with Crippen LogP contribution in [-0.2, 0) is 32.5 Å². The molecule has 68 heavy (non-hydrogen) atoms. The standard InChI is InChI=1S/C65H71BN2/c1-40-33-48-51(63(8,9)30-27-60(48,2)3)37-55(40)67-57-39-53-50(62(6,7)29-32-65(53,12)13)36-54(57)66-58-47(34-43-21-17-18-22-45(43)59(58)67)46-35-49-52(64(10,11)31-28-61(49,4)5)38-56(46)68(66)44-25-23-42(24-26-44)41-19-15-14-16-20-41/h14-26,33-39H,27-32H2,1-13H3. The first-order chi connectivity index (χ1) is 32.1. The van der Waals surface area contributed by atoms with Crippen LogP contribution in [0.2, 0.25) is 0 Å². The minimum Gasteiger partial charge on any atom is -0.376 e. The van der Waals surface area contributed by atoms with E-state index in [2.05, 4.69) is 221 Å². The molecule has 0 saturated carbocycles. The van der Waals surface area contributed by atoms with Gasteiger partial charge in [-0.1, -0.05) is 162 Å². The molecule has 0 radical (unpaired) electrons. The highest BCUT2D eigenvalue weighted by atomic mass is 15.2. The van der Waals surface area contributed by atoms with Gasteiger partial charge in [0.1, 0.15) is 0 Å². The number of rotatable bonds is 3. The molecule has 7 aromatic carbocycles. The van der Waals surface area contributed by atoms with Crippen molar-refractivity contribution in [2.45, 2.75) is 161 Å². The topological polar surface area (TPSA) is 6.48 Å². The third-order valence-electron chi connectivity index (χ3n) is 18.5.